The molecule has 0 radical (unpaired) electrons. The Morgan fingerprint density at radius 1 is 1.45 bits per heavy atom. The van der Waals surface area contributed by atoms with Gasteiger partial charge in [0.05, 0.1) is 4.92 Å². The summed E-state index contributed by atoms with van der Waals surface area (Å²) >= 11 is 0. The van der Waals surface area contributed by atoms with E-state index in [0.717, 1.165) is 11.8 Å². The fourth-order valence-corrected chi connectivity index (χ4v) is 1.57. The van der Waals surface area contributed by atoms with Crippen molar-refractivity contribution in [1.29, 1.82) is 0 Å². The molecule has 0 aromatic carbocycles. The average molecular weight is 273 g/mol. The number of rotatable bonds is 4. The minimum Gasteiger partial charge on any atom is -0.384 e. The third-order valence-corrected chi connectivity index (χ3v) is 2.52. The molecule has 1 amide bonds. The number of amides is 1. The Kier molecular flexibility index (Phi) is 3.85. The van der Waals surface area contributed by atoms with Gasteiger partial charge in [-0.05, 0) is 17.7 Å². The fourth-order valence-electron chi connectivity index (χ4n) is 1.57. The molecule has 0 bridgehead atoms. The van der Waals surface area contributed by atoms with Crippen molar-refractivity contribution in [3.05, 3.63) is 58.0 Å². The Labute approximate surface area is 113 Å². The van der Waals surface area contributed by atoms with Crippen LogP contribution in [0.4, 0.5) is 11.5 Å². The maximum atomic E-state index is 12.0. The molecule has 2 rings (SSSR count). The molecule has 8 heteroatoms. The van der Waals surface area contributed by atoms with Crippen LogP contribution >= 0.6 is 0 Å². The number of pyridine rings is 2. The van der Waals surface area contributed by atoms with Crippen LogP contribution in [-0.2, 0) is 6.54 Å². The molecular weight excluding hydrogens is 262 g/mol. The minimum atomic E-state index is -0.675. The highest BCUT2D eigenvalue weighted by Gasteiger charge is 2.20. The lowest BCUT2D eigenvalue weighted by atomic mass is 10.2. The van der Waals surface area contributed by atoms with Gasteiger partial charge in [0.1, 0.15) is 17.6 Å². The summed E-state index contributed by atoms with van der Waals surface area (Å²) in [5.74, 6) is -0.545. The van der Waals surface area contributed by atoms with Gasteiger partial charge in [0, 0.05) is 18.9 Å². The molecule has 8 nitrogen and oxygen atoms in total. The molecule has 0 atom stereocenters. The molecule has 2 aromatic rings. The second-order valence-electron chi connectivity index (χ2n) is 3.93. The van der Waals surface area contributed by atoms with Gasteiger partial charge in [0.2, 0.25) is 0 Å². The van der Waals surface area contributed by atoms with E-state index in [4.69, 9.17) is 5.73 Å². The summed E-state index contributed by atoms with van der Waals surface area (Å²) in [4.78, 5) is 29.7. The second kappa shape index (κ2) is 5.74. The normalized spacial score (nSPS) is 10.0. The molecule has 3 N–H and O–H groups in total. The number of nitrogens with two attached hydrogens (primary N) is 1. The second-order valence-corrected chi connectivity index (χ2v) is 3.93. The van der Waals surface area contributed by atoms with Crippen LogP contribution in [-0.4, -0.2) is 20.8 Å². The molecule has 0 fully saturated rings. The first-order valence-electron chi connectivity index (χ1n) is 5.65. The summed E-state index contributed by atoms with van der Waals surface area (Å²) < 4.78 is 0. The van der Waals surface area contributed by atoms with Crippen molar-refractivity contribution in [2.45, 2.75) is 6.54 Å². The summed E-state index contributed by atoms with van der Waals surface area (Å²) in [6.07, 6.45) is 4.17. The summed E-state index contributed by atoms with van der Waals surface area (Å²) in [7, 11) is 0. The number of aromatic nitrogens is 2. The van der Waals surface area contributed by atoms with E-state index in [1.807, 2.05) is 0 Å². The number of hydrogen-bond acceptors (Lipinski definition) is 6. The monoisotopic (exact) mass is 273 g/mol. The van der Waals surface area contributed by atoms with Crippen LogP contribution in [0.5, 0.6) is 0 Å². The molecule has 102 valence electrons. The first-order chi connectivity index (χ1) is 9.58. The molecular formula is C12H11N5O3. The summed E-state index contributed by atoms with van der Waals surface area (Å²) in [6.45, 7) is 0.214. The van der Waals surface area contributed by atoms with E-state index in [1.54, 1.807) is 24.5 Å². The van der Waals surface area contributed by atoms with Crippen LogP contribution in [0.3, 0.4) is 0 Å². The zero-order valence-corrected chi connectivity index (χ0v) is 10.3. The number of anilines is 1. The van der Waals surface area contributed by atoms with E-state index < -0.39 is 10.8 Å². The molecule has 0 aliphatic carbocycles. The lowest BCUT2D eigenvalue weighted by Crippen LogP contribution is -2.24. The number of carbonyl (C=O) groups is 1. The molecule has 20 heavy (non-hydrogen) atoms. The van der Waals surface area contributed by atoms with Crippen molar-refractivity contribution in [2.75, 3.05) is 5.73 Å². The number of nitro groups is 1. The van der Waals surface area contributed by atoms with Crippen LogP contribution in [0.15, 0.2) is 36.8 Å². The van der Waals surface area contributed by atoms with Crippen LogP contribution < -0.4 is 11.1 Å². The maximum absolute atomic E-state index is 12.0. The Hall–Kier alpha value is -3.03. The van der Waals surface area contributed by atoms with Gasteiger partial charge in [-0.25, -0.2) is 4.98 Å². The Bertz CT molecular complexity index is 645. The van der Waals surface area contributed by atoms with E-state index >= 15 is 0 Å². The Balaban J connectivity index is 2.17. The minimum absolute atomic E-state index is 0.0436. The smallest absolute Gasteiger partial charge is 0.300 e. The van der Waals surface area contributed by atoms with Crippen molar-refractivity contribution < 1.29 is 9.72 Å². The molecule has 2 aromatic heterocycles. The largest absolute Gasteiger partial charge is 0.384 e. The molecule has 0 spiro atoms. The topological polar surface area (TPSA) is 124 Å². The van der Waals surface area contributed by atoms with E-state index in [-0.39, 0.29) is 23.6 Å². The standard InChI is InChI=1S/C12H11N5O3/c13-11-4-9(10(7-15-11)17(19)20)12(18)16-6-8-2-1-3-14-5-8/h1-5,7H,6H2,(H2,13,15)(H,16,18). The zero-order valence-electron chi connectivity index (χ0n) is 10.3. The third kappa shape index (κ3) is 3.05. The average Bonchev–Trinajstić information content (AvgIpc) is 2.45. The van der Waals surface area contributed by atoms with Gasteiger partial charge in [0.15, 0.2) is 0 Å². The van der Waals surface area contributed by atoms with Gasteiger partial charge in [-0.2, -0.15) is 0 Å². The van der Waals surface area contributed by atoms with E-state index in [2.05, 4.69) is 15.3 Å². The van der Waals surface area contributed by atoms with Crippen molar-refractivity contribution >= 4 is 17.4 Å². The van der Waals surface area contributed by atoms with Gasteiger partial charge < -0.3 is 11.1 Å². The van der Waals surface area contributed by atoms with Gasteiger partial charge in [-0.3, -0.25) is 19.9 Å². The van der Waals surface area contributed by atoms with Crippen molar-refractivity contribution in [1.82, 2.24) is 15.3 Å². The van der Waals surface area contributed by atoms with Gasteiger partial charge >= 0.3 is 0 Å². The molecule has 0 unspecified atom stereocenters. The highest BCUT2D eigenvalue weighted by atomic mass is 16.6. The van der Waals surface area contributed by atoms with Crippen LogP contribution in [0, 0.1) is 10.1 Å². The summed E-state index contributed by atoms with van der Waals surface area (Å²) in [5.41, 5.74) is 5.73. The Morgan fingerprint density at radius 3 is 2.90 bits per heavy atom. The van der Waals surface area contributed by atoms with Crippen molar-refractivity contribution in [3.8, 4) is 0 Å². The lowest BCUT2D eigenvalue weighted by molar-refractivity contribution is -0.385. The van der Waals surface area contributed by atoms with Gasteiger partial charge in [0.25, 0.3) is 11.6 Å². The molecule has 0 saturated heterocycles. The van der Waals surface area contributed by atoms with Crippen molar-refractivity contribution in [3.63, 3.8) is 0 Å². The SMILES string of the molecule is Nc1cc(C(=O)NCc2cccnc2)c([N+](=O)[O-])cn1. The zero-order chi connectivity index (χ0) is 14.5. The lowest BCUT2D eigenvalue weighted by Gasteiger charge is -2.06. The number of nitrogens with zero attached hydrogens (tertiary/aromatic N) is 3. The van der Waals surface area contributed by atoms with Crippen LogP contribution in [0.2, 0.25) is 0 Å². The first kappa shape index (κ1) is 13.4. The predicted octanol–water partition coefficient (Wildman–Crippen LogP) is 0.897. The van der Waals surface area contributed by atoms with Crippen LogP contribution in [0.1, 0.15) is 15.9 Å². The maximum Gasteiger partial charge on any atom is 0.300 e. The molecule has 0 saturated carbocycles. The van der Waals surface area contributed by atoms with E-state index in [9.17, 15) is 14.9 Å². The molecule has 0 aliphatic rings. The third-order valence-electron chi connectivity index (χ3n) is 2.52. The number of carbonyl (C=O) groups excluding carboxylic acids is 1. The predicted molar refractivity (Wildman–Crippen MR) is 70.7 cm³/mol. The van der Waals surface area contributed by atoms with Crippen molar-refractivity contribution in [2.24, 2.45) is 0 Å². The Morgan fingerprint density at radius 2 is 2.25 bits per heavy atom. The van der Waals surface area contributed by atoms with E-state index in [1.165, 1.54) is 6.07 Å². The first-order valence-corrected chi connectivity index (χ1v) is 5.65. The quantitative estimate of drug-likeness (QED) is 0.629. The highest BCUT2D eigenvalue weighted by molar-refractivity contribution is 5.98. The van der Waals surface area contributed by atoms with Crippen LogP contribution in [0.25, 0.3) is 0 Å². The molecule has 2 heterocycles. The number of hydrogen-bond donors (Lipinski definition) is 2. The van der Waals surface area contributed by atoms with Gasteiger partial charge in [-0.15, -0.1) is 0 Å². The summed E-state index contributed by atoms with van der Waals surface area (Å²) in [5, 5.41) is 13.4. The number of nitrogens with one attached hydrogen (secondary N) is 1. The fraction of sp³-hybridized carbons (Fsp3) is 0.0833. The van der Waals surface area contributed by atoms with E-state index in [0.29, 0.717) is 0 Å². The molecule has 0 aliphatic heterocycles. The summed E-state index contributed by atoms with van der Waals surface area (Å²) in [6, 6.07) is 4.69. The highest BCUT2D eigenvalue weighted by Crippen LogP contribution is 2.18. The van der Waals surface area contributed by atoms with Gasteiger partial charge in [-0.1, -0.05) is 6.07 Å². The number of nitrogen functional groups attached to an aromatic ring is 1.